The monoisotopic (exact) mass is 146 g/mol. The van der Waals surface area contributed by atoms with Crippen molar-refractivity contribution < 1.29 is 19.8 Å². The number of hydrogen-bond donors (Lipinski definition) is 3. The minimum atomic E-state index is -1.35. The van der Waals surface area contributed by atoms with Crippen LogP contribution in [0.15, 0.2) is 0 Å². The van der Waals surface area contributed by atoms with Gasteiger partial charge >= 0.3 is 12.1 Å². The zero-order chi connectivity index (χ0) is 7.72. The number of rotatable bonds is 0. The molecule has 1 heterocycles. The van der Waals surface area contributed by atoms with Gasteiger partial charge in [0, 0.05) is 0 Å². The molecule has 3 amide bonds. The van der Waals surface area contributed by atoms with E-state index in [2.05, 4.69) is 0 Å². The third-order valence-corrected chi connectivity index (χ3v) is 1.12. The molecule has 56 valence electrons. The molecule has 0 radical (unpaired) electrons. The smallest absolute Gasteiger partial charge is 0.415 e. The zero-order valence-corrected chi connectivity index (χ0v) is 4.94. The Morgan fingerprint density at radius 1 is 1.80 bits per heavy atom. The lowest BCUT2D eigenvalue weighted by molar-refractivity contribution is 0.139. The summed E-state index contributed by atoms with van der Waals surface area (Å²) in [6, 6.07) is -0.778. The largest absolute Gasteiger partial charge is 0.465 e. The van der Waals surface area contributed by atoms with Crippen LogP contribution >= 0.6 is 0 Å². The molecule has 1 rings (SSSR count). The first kappa shape index (κ1) is 6.81. The van der Waals surface area contributed by atoms with Crippen molar-refractivity contribution in [3.8, 4) is 0 Å². The summed E-state index contributed by atoms with van der Waals surface area (Å²) in [7, 11) is 0. The van der Waals surface area contributed by atoms with E-state index in [4.69, 9.17) is 10.2 Å². The summed E-state index contributed by atoms with van der Waals surface area (Å²) in [6.07, 6.45) is -2.42. The van der Waals surface area contributed by atoms with Gasteiger partial charge in [0.05, 0.1) is 6.54 Å². The number of aliphatic hydroxyl groups is 1. The third kappa shape index (κ3) is 1.01. The van der Waals surface area contributed by atoms with Crippen LogP contribution in [-0.2, 0) is 0 Å². The lowest BCUT2D eigenvalue weighted by Crippen LogP contribution is -2.32. The van der Waals surface area contributed by atoms with Gasteiger partial charge in [0.15, 0.2) is 0 Å². The Labute approximate surface area is 56.0 Å². The van der Waals surface area contributed by atoms with Crippen LogP contribution in [0.25, 0.3) is 0 Å². The second-order valence-electron chi connectivity index (χ2n) is 1.86. The van der Waals surface area contributed by atoms with Crippen LogP contribution in [0.3, 0.4) is 0 Å². The maximum Gasteiger partial charge on any atom is 0.415 e. The van der Waals surface area contributed by atoms with Crippen LogP contribution in [0, 0.1) is 0 Å². The average molecular weight is 146 g/mol. The summed E-state index contributed by atoms with van der Waals surface area (Å²) in [5.41, 5.74) is 0. The highest BCUT2D eigenvalue weighted by atomic mass is 16.4. The zero-order valence-electron chi connectivity index (χ0n) is 4.94. The molecule has 0 bridgehead atoms. The van der Waals surface area contributed by atoms with E-state index in [0.717, 1.165) is 0 Å². The molecule has 1 aliphatic rings. The maximum atomic E-state index is 10.5. The molecule has 0 aromatic heterocycles. The highest BCUT2D eigenvalue weighted by Gasteiger charge is 2.31. The van der Waals surface area contributed by atoms with Gasteiger partial charge in [0.2, 0.25) is 0 Å². The summed E-state index contributed by atoms with van der Waals surface area (Å²) in [4.78, 5) is 21.1. The maximum absolute atomic E-state index is 10.5. The number of amides is 3. The molecule has 0 aromatic rings. The van der Waals surface area contributed by atoms with Crippen LogP contribution in [-0.4, -0.2) is 40.0 Å². The van der Waals surface area contributed by atoms with Crippen molar-refractivity contribution in [2.75, 3.05) is 6.54 Å². The topological polar surface area (TPSA) is 89.9 Å². The number of aliphatic hydroxyl groups excluding tert-OH is 1. The highest BCUT2D eigenvalue weighted by molar-refractivity contribution is 5.91. The molecule has 1 fully saturated rings. The quantitative estimate of drug-likeness (QED) is 0.409. The van der Waals surface area contributed by atoms with Crippen molar-refractivity contribution >= 4 is 12.1 Å². The van der Waals surface area contributed by atoms with E-state index in [-0.39, 0.29) is 6.54 Å². The molecule has 0 saturated carbocycles. The number of carboxylic acid groups (broad SMARTS) is 1. The molecule has 6 heteroatoms. The van der Waals surface area contributed by atoms with Crippen LogP contribution in [0.5, 0.6) is 0 Å². The van der Waals surface area contributed by atoms with E-state index in [1.54, 1.807) is 0 Å². The Morgan fingerprint density at radius 3 is 2.60 bits per heavy atom. The number of nitrogens with zero attached hydrogens (tertiary/aromatic N) is 1. The van der Waals surface area contributed by atoms with E-state index in [1.165, 1.54) is 0 Å². The molecule has 10 heavy (non-hydrogen) atoms. The fraction of sp³-hybridized carbons (Fsp3) is 0.500. The lowest BCUT2D eigenvalue weighted by atomic mass is 10.6. The highest BCUT2D eigenvalue weighted by Crippen LogP contribution is 2.00. The van der Waals surface area contributed by atoms with E-state index in [0.29, 0.717) is 4.90 Å². The molecule has 6 nitrogen and oxygen atoms in total. The summed E-state index contributed by atoms with van der Waals surface area (Å²) in [6.45, 7) is -0.200. The van der Waals surface area contributed by atoms with Crippen molar-refractivity contribution in [2.24, 2.45) is 0 Å². The molecule has 1 saturated heterocycles. The molecule has 1 unspecified atom stereocenters. The van der Waals surface area contributed by atoms with Gasteiger partial charge in [-0.25, -0.2) is 14.5 Å². The van der Waals surface area contributed by atoms with Crippen molar-refractivity contribution in [3.63, 3.8) is 0 Å². The van der Waals surface area contributed by atoms with Crippen LogP contribution < -0.4 is 5.32 Å². The Bertz CT molecular complexity index is 180. The molecule has 0 aliphatic carbocycles. The van der Waals surface area contributed by atoms with Gasteiger partial charge in [-0.2, -0.15) is 0 Å². The fourth-order valence-electron chi connectivity index (χ4n) is 0.687. The molecule has 3 N–H and O–H groups in total. The Morgan fingerprint density at radius 2 is 2.40 bits per heavy atom. The van der Waals surface area contributed by atoms with Gasteiger partial charge in [-0.1, -0.05) is 0 Å². The average Bonchev–Trinajstić information content (AvgIpc) is 2.10. The van der Waals surface area contributed by atoms with Crippen molar-refractivity contribution in [1.29, 1.82) is 0 Å². The molecule has 0 aromatic carbocycles. The van der Waals surface area contributed by atoms with E-state index in [9.17, 15) is 9.59 Å². The van der Waals surface area contributed by atoms with Crippen molar-refractivity contribution in [3.05, 3.63) is 0 Å². The SMILES string of the molecule is O=C(O)N1CC(O)NC1=O. The normalized spacial score (nSPS) is 24.7. The second-order valence-corrected chi connectivity index (χ2v) is 1.86. The minimum Gasteiger partial charge on any atom is -0.465 e. The van der Waals surface area contributed by atoms with Crippen LogP contribution in [0.2, 0.25) is 0 Å². The first-order chi connectivity index (χ1) is 4.61. The van der Waals surface area contributed by atoms with E-state index >= 15 is 0 Å². The van der Waals surface area contributed by atoms with Crippen LogP contribution in [0.4, 0.5) is 9.59 Å². The number of nitrogens with one attached hydrogen (secondary N) is 1. The van der Waals surface area contributed by atoms with Gasteiger partial charge in [0.25, 0.3) is 0 Å². The standard InChI is InChI=1S/C4H6N2O4/c7-2-1-6(4(9)10)3(8)5-2/h2,7H,1H2,(H,5,8)(H,9,10). The predicted molar refractivity (Wildman–Crippen MR) is 29.3 cm³/mol. The van der Waals surface area contributed by atoms with Gasteiger partial charge in [-0.05, 0) is 0 Å². The molecule has 0 spiro atoms. The number of β-amino-alcohol motifs (C(OH)–C–C–N with tert-alkyl or cyclic N) is 1. The molecule has 1 atom stereocenters. The lowest BCUT2D eigenvalue weighted by Gasteiger charge is -2.04. The number of carbonyl (C=O) groups is 2. The minimum absolute atomic E-state index is 0.200. The summed E-state index contributed by atoms with van der Waals surface area (Å²) in [5.74, 6) is 0. The van der Waals surface area contributed by atoms with E-state index < -0.39 is 18.4 Å². The predicted octanol–water partition coefficient (Wildman–Crippen LogP) is -0.992. The second kappa shape index (κ2) is 2.14. The van der Waals surface area contributed by atoms with Crippen molar-refractivity contribution in [1.82, 2.24) is 10.2 Å². The third-order valence-electron chi connectivity index (χ3n) is 1.12. The van der Waals surface area contributed by atoms with Crippen LogP contribution in [0.1, 0.15) is 0 Å². The van der Waals surface area contributed by atoms with Gasteiger partial charge < -0.3 is 15.5 Å². The van der Waals surface area contributed by atoms with E-state index in [1.807, 2.05) is 5.32 Å². The Hall–Kier alpha value is -1.30. The first-order valence-corrected chi connectivity index (χ1v) is 2.60. The van der Waals surface area contributed by atoms with Gasteiger partial charge in [0.1, 0.15) is 6.23 Å². The molecule has 1 aliphatic heterocycles. The summed E-state index contributed by atoms with van der Waals surface area (Å²) in [5, 5.41) is 18.9. The first-order valence-electron chi connectivity index (χ1n) is 2.60. The Kier molecular flexibility index (Phi) is 1.46. The summed E-state index contributed by atoms with van der Waals surface area (Å²) >= 11 is 0. The summed E-state index contributed by atoms with van der Waals surface area (Å²) < 4.78 is 0. The Balaban J connectivity index is 2.63. The van der Waals surface area contributed by atoms with Gasteiger partial charge in [-0.3, -0.25) is 0 Å². The molecular weight excluding hydrogens is 140 g/mol. The van der Waals surface area contributed by atoms with Crippen molar-refractivity contribution in [2.45, 2.75) is 6.23 Å². The number of hydrogen-bond acceptors (Lipinski definition) is 3. The number of imide groups is 1. The fourth-order valence-corrected chi connectivity index (χ4v) is 0.687. The molecular formula is C4H6N2O4. The number of carbonyl (C=O) groups excluding carboxylic acids is 1. The number of urea groups is 1. The van der Waals surface area contributed by atoms with Gasteiger partial charge in [-0.15, -0.1) is 0 Å².